The van der Waals surface area contributed by atoms with Crippen molar-refractivity contribution in [1.82, 2.24) is 35.2 Å². The molecule has 33 heavy (non-hydrogen) atoms. The molecule has 1 aliphatic rings. The van der Waals surface area contributed by atoms with E-state index in [-0.39, 0.29) is 0 Å². The summed E-state index contributed by atoms with van der Waals surface area (Å²) in [6, 6.07) is 12.4. The lowest BCUT2D eigenvalue weighted by Gasteiger charge is -2.38. The van der Waals surface area contributed by atoms with Gasteiger partial charge in [0, 0.05) is 31.1 Å². The van der Waals surface area contributed by atoms with E-state index in [1.165, 1.54) is 0 Å². The van der Waals surface area contributed by atoms with Crippen LogP contribution in [-0.2, 0) is 13.0 Å². The summed E-state index contributed by atoms with van der Waals surface area (Å²) in [5, 5.41) is 26.1. The molecule has 0 radical (unpaired) electrons. The molecule has 0 amide bonds. The molecule has 3 N–H and O–H groups in total. The van der Waals surface area contributed by atoms with E-state index in [0.717, 1.165) is 78.1 Å². The highest BCUT2D eigenvalue weighted by atomic mass is 16.3. The van der Waals surface area contributed by atoms with Crippen LogP contribution in [-0.4, -0.2) is 73.0 Å². The summed E-state index contributed by atoms with van der Waals surface area (Å²) in [7, 11) is 2.21. The molecular weight excluding hydrogens is 414 g/mol. The molecule has 1 saturated heterocycles. The number of nitrogens with zero attached hydrogens (tertiary/aromatic N) is 5. The van der Waals surface area contributed by atoms with Crippen LogP contribution in [0.4, 0.5) is 0 Å². The molecule has 5 rings (SSSR count). The lowest BCUT2D eigenvalue weighted by Crippen LogP contribution is -2.50. The van der Waals surface area contributed by atoms with Gasteiger partial charge in [-0.3, -0.25) is 15.1 Å². The van der Waals surface area contributed by atoms with Gasteiger partial charge in [-0.1, -0.05) is 26.0 Å². The van der Waals surface area contributed by atoms with Crippen molar-refractivity contribution in [3.63, 3.8) is 0 Å². The number of phenols is 1. The third-order valence-corrected chi connectivity index (χ3v) is 6.79. The molecule has 0 aliphatic carbocycles. The third kappa shape index (κ3) is 4.24. The predicted octanol–water partition coefficient (Wildman–Crippen LogP) is 3.81. The highest BCUT2D eigenvalue weighted by Crippen LogP contribution is 2.32. The van der Waals surface area contributed by atoms with E-state index in [4.69, 9.17) is 4.98 Å². The maximum Gasteiger partial charge on any atom is 0.202 e. The molecule has 3 heterocycles. The van der Waals surface area contributed by atoms with Crippen molar-refractivity contribution in [3.8, 4) is 28.4 Å². The first-order chi connectivity index (χ1) is 16.1. The van der Waals surface area contributed by atoms with Crippen LogP contribution >= 0.6 is 0 Å². The fraction of sp³-hybridized carbons (Fsp3) is 0.400. The highest BCUT2D eigenvalue weighted by molar-refractivity contribution is 5.94. The van der Waals surface area contributed by atoms with Crippen molar-refractivity contribution in [2.45, 2.75) is 39.3 Å². The number of aromatic hydroxyl groups is 1. The minimum atomic E-state index is 0.294. The van der Waals surface area contributed by atoms with Crippen LogP contribution in [0.2, 0.25) is 0 Å². The topological polar surface area (TPSA) is 97.0 Å². The van der Waals surface area contributed by atoms with Crippen LogP contribution in [0, 0.1) is 0 Å². The average Bonchev–Trinajstić information content (AvgIpc) is 3.46. The number of likely N-dealkylation sites (N-methyl/N-ethyl adjacent to an activating group) is 1. The molecular formula is C25H31N7O. The standard InChI is InChI=1S/C25H31N7O/c1-4-16-12-19(33)7-9-20(16)17-6-8-21-22(13-17)27-29-24(21)25-26-23(28-30-25)15-32-11-10-31(3)18(5-2)14-32/h6-9,12-13,18,33H,4-5,10-11,14-15H2,1-3H3,(H,27,29)(H,26,28,30). The van der Waals surface area contributed by atoms with Crippen molar-refractivity contribution in [2.75, 3.05) is 26.7 Å². The molecule has 172 valence electrons. The Morgan fingerprint density at radius 2 is 1.94 bits per heavy atom. The minimum Gasteiger partial charge on any atom is -0.508 e. The molecule has 1 atom stereocenters. The van der Waals surface area contributed by atoms with Gasteiger partial charge in [-0.15, -0.1) is 0 Å². The number of aromatic nitrogens is 5. The van der Waals surface area contributed by atoms with Gasteiger partial charge in [0.2, 0.25) is 5.82 Å². The number of hydrogen-bond acceptors (Lipinski definition) is 6. The zero-order valence-corrected chi connectivity index (χ0v) is 19.5. The molecule has 0 spiro atoms. The van der Waals surface area contributed by atoms with E-state index in [1.54, 1.807) is 6.07 Å². The van der Waals surface area contributed by atoms with Gasteiger partial charge in [0.15, 0.2) is 0 Å². The number of fused-ring (bicyclic) bond motifs is 1. The Kier molecular flexibility index (Phi) is 5.86. The van der Waals surface area contributed by atoms with Crippen molar-refractivity contribution in [3.05, 3.63) is 47.8 Å². The monoisotopic (exact) mass is 445 g/mol. The van der Waals surface area contributed by atoms with E-state index in [2.05, 4.69) is 69.3 Å². The first kappa shape index (κ1) is 21.6. The fourth-order valence-corrected chi connectivity index (χ4v) is 4.79. The maximum atomic E-state index is 9.82. The van der Waals surface area contributed by atoms with Gasteiger partial charge in [0.05, 0.1) is 12.1 Å². The van der Waals surface area contributed by atoms with Crippen molar-refractivity contribution in [2.24, 2.45) is 0 Å². The van der Waals surface area contributed by atoms with Crippen LogP contribution in [0.15, 0.2) is 36.4 Å². The normalized spacial score (nSPS) is 17.7. The largest absolute Gasteiger partial charge is 0.508 e. The zero-order chi connectivity index (χ0) is 22.9. The fourth-order valence-electron chi connectivity index (χ4n) is 4.79. The first-order valence-electron chi connectivity index (χ1n) is 11.7. The third-order valence-electron chi connectivity index (χ3n) is 6.79. The quantitative estimate of drug-likeness (QED) is 0.418. The van der Waals surface area contributed by atoms with Gasteiger partial charge in [-0.25, -0.2) is 4.98 Å². The van der Waals surface area contributed by atoms with Gasteiger partial charge in [0.1, 0.15) is 17.3 Å². The van der Waals surface area contributed by atoms with E-state index < -0.39 is 0 Å². The molecule has 8 nitrogen and oxygen atoms in total. The second kappa shape index (κ2) is 8.96. The van der Waals surface area contributed by atoms with Gasteiger partial charge in [0.25, 0.3) is 0 Å². The Balaban J connectivity index is 1.38. The van der Waals surface area contributed by atoms with Gasteiger partial charge < -0.3 is 10.0 Å². The molecule has 1 unspecified atom stereocenters. The van der Waals surface area contributed by atoms with Gasteiger partial charge in [-0.2, -0.15) is 10.2 Å². The van der Waals surface area contributed by atoms with Crippen molar-refractivity contribution in [1.29, 1.82) is 0 Å². The summed E-state index contributed by atoms with van der Waals surface area (Å²) in [5.41, 5.74) is 5.01. The number of piperazine rings is 1. The Labute approximate surface area is 193 Å². The number of benzene rings is 2. The molecule has 8 heteroatoms. The molecule has 0 bridgehead atoms. The molecule has 1 fully saturated rings. The number of hydrogen-bond donors (Lipinski definition) is 3. The summed E-state index contributed by atoms with van der Waals surface area (Å²) in [4.78, 5) is 9.63. The van der Waals surface area contributed by atoms with Crippen LogP contribution in [0.5, 0.6) is 5.75 Å². The Bertz CT molecular complexity index is 1260. The minimum absolute atomic E-state index is 0.294. The Morgan fingerprint density at radius 1 is 1.06 bits per heavy atom. The second-order valence-electron chi connectivity index (χ2n) is 8.91. The van der Waals surface area contributed by atoms with E-state index >= 15 is 0 Å². The van der Waals surface area contributed by atoms with Crippen molar-refractivity contribution < 1.29 is 5.11 Å². The summed E-state index contributed by atoms with van der Waals surface area (Å²) in [5.74, 6) is 1.78. The number of nitrogens with one attached hydrogen (secondary N) is 2. The van der Waals surface area contributed by atoms with E-state index in [0.29, 0.717) is 17.6 Å². The zero-order valence-electron chi connectivity index (χ0n) is 19.5. The summed E-state index contributed by atoms with van der Waals surface area (Å²) >= 11 is 0. The lowest BCUT2D eigenvalue weighted by atomic mass is 9.97. The smallest absolute Gasteiger partial charge is 0.202 e. The van der Waals surface area contributed by atoms with Crippen LogP contribution < -0.4 is 0 Å². The average molecular weight is 446 g/mol. The molecule has 4 aromatic rings. The number of phenolic OH excluding ortho intramolecular Hbond substituents is 1. The van der Waals surface area contributed by atoms with Crippen LogP contribution in [0.3, 0.4) is 0 Å². The van der Waals surface area contributed by atoms with Crippen LogP contribution in [0.1, 0.15) is 31.7 Å². The summed E-state index contributed by atoms with van der Waals surface area (Å²) in [6.45, 7) is 8.27. The highest BCUT2D eigenvalue weighted by Gasteiger charge is 2.24. The number of rotatable bonds is 6. The number of H-pyrrole nitrogens is 2. The van der Waals surface area contributed by atoms with Gasteiger partial charge in [-0.05, 0) is 60.8 Å². The second-order valence-corrected chi connectivity index (χ2v) is 8.91. The molecule has 2 aromatic carbocycles. The molecule has 0 saturated carbocycles. The Morgan fingerprint density at radius 3 is 2.76 bits per heavy atom. The summed E-state index contributed by atoms with van der Waals surface area (Å²) in [6.07, 6.45) is 2.00. The van der Waals surface area contributed by atoms with Crippen LogP contribution in [0.25, 0.3) is 33.5 Å². The molecule has 2 aromatic heterocycles. The van der Waals surface area contributed by atoms with E-state index in [9.17, 15) is 5.11 Å². The Hall–Kier alpha value is -3.23. The molecule has 1 aliphatic heterocycles. The first-order valence-corrected chi connectivity index (χ1v) is 11.7. The number of aromatic amines is 2. The van der Waals surface area contributed by atoms with Gasteiger partial charge >= 0.3 is 0 Å². The maximum absolute atomic E-state index is 9.82. The number of aryl methyl sites for hydroxylation is 1. The van der Waals surface area contributed by atoms with Crippen molar-refractivity contribution >= 4 is 10.9 Å². The SMILES string of the molecule is CCc1cc(O)ccc1-c1ccc2c(-c3n[nH]c(CN4CCN(C)C(CC)C4)n3)n[nH]c2c1. The summed E-state index contributed by atoms with van der Waals surface area (Å²) < 4.78 is 0. The van der Waals surface area contributed by atoms with E-state index in [1.807, 2.05) is 12.1 Å². The lowest BCUT2D eigenvalue weighted by molar-refractivity contribution is 0.0866. The predicted molar refractivity (Wildman–Crippen MR) is 130 cm³/mol.